The zero-order valence-corrected chi connectivity index (χ0v) is 13.2. The second kappa shape index (κ2) is 6.53. The van der Waals surface area contributed by atoms with Gasteiger partial charge in [0.25, 0.3) is 0 Å². The van der Waals surface area contributed by atoms with Gasteiger partial charge >= 0.3 is 0 Å². The van der Waals surface area contributed by atoms with Gasteiger partial charge in [0.05, 0.1) is 0 Å². The molecule has 1 amide bonds. The Balaban J connectivity index is 1.85. The van der Waals surface area contributed by atoms with Crippen molar-refractivity contribution >= 4 is 27.5 Å². The van der Waals surface area contributed by atoms with Gasteiger partial charge in [0.2, 0.25) is 5.91 Å². The molecule has 1 N–H and O–H groups in total. The number of nitrogens with one attached hydrogen (secondary N) is 1. The van der Waals surface area contributed by atoms with E-state index in [-0.39, 0.29) is 5.91 Å². The first-order valence-corrected chi connectivity index (χ1v) is 7.58. The standard InChI is InChI=1S/C15H21BrN2O/c1-11-3-4-13(10-14(11)16)17-15(19)9-12-5-7-18(2)8-6-12/h3-4,10,12H,5-9H2,1-2H3,(H,17,19). The third kappa shape index (κ3) is 4.32. The van der Waals surface area contributed by atoms with E-state index in [1.165, 1.54) is 5.56 Å². The van der Waals surface area contributed by atoms with Crippen LogP contribution in [0.2, 0.25) is 0 Å². The van der Waals surface area contributed by atoms with Crippen molar-refractivity contribution in [2.45, 2.75) is 26.2 Å². The number of rotatable bonds is 3. The first kappa shape index (κ1) is 14.5. The lowest BCUT2D eigenvalue weighted by atomic mass is 9.93. The lowest BCUT2D eigenvalue weighted by Crippen LogP contribution is -2.31. The number of amides is 1. The Kier molecular flexibility index (Phi) is 4.99. The zero-order chi connectivity index (χ0) is 13.8. The third-order valence-corrected chi connectivity index (χ3v) is 4.62. The minimum absolute atomic E-state index is 0.130. The van der Waals surface area contributed by atoms with E-state index in [1.54, 1.807) is 0 Å². The smallest absolute Gasteiger partial charge is 0.224 e. The number of carbonyl (C=O) groups is 1. The molecule has 1 aromatic rings. The molecule has 1 heterocycles. The molecule has 0 atom stereocenters. The number of anilines is 1. The van der Waals surface area contributed by atoms with Crippen molar-refractivity contribution in [1.82, 2.24) is 4.90 Å². The second-order valence-corrected chi connectivity index (χ2v) is 6.32. The van der Waals surface area contributed by atoms with Crippen LogP contribution in [0.5, 0.6) is 0 Å². The van der Waals surface area contributed by atoms with Crippen LogP contribution in [-0.2, 0) is 4.79 Å². The van der Waals surface area contributed by atoms with Crippen molar-refractivity contribution in [3.05, 3.63) is 28.2 Å². The highest BCUT2D eigenvalue weighted by Gasteiger charge is 2.19. The fourth-order valence-corrected chi connectivity index (χ4v) is 2.79. The number of nitrogens with zero attached hydrogens (tertiary/aromatic N) is 1. The highest BCUT2D eigenvalue weighted by Crippen LogP contribution is 2.23. The van der Waals surface area contributed by atoms with Crippen molar-refractivity contribution in [3.8, 4) is 0 Å². The molecule has 0 aromatic heterocycles. The molecule has 0 saturated carbocycles. The molecule has 1 fully saturated rings. The van der Waals surface area contributed by atoms with Crippen LogP contribution < -0.4 is 5.32 Å². The van der Waals surface area contributed by atoms with Crippen LogP contribution in [0.4, 0.5) is 5.69 Å². The highest BCUT2D eigenvalue weighted by molar-refractivity contribution is 9.10. The molecule has 1 aliphatic rings. The SMILES string of the molecule is Cc1ccc(NC(=O)CC2CCN(C)CC2)cc1Br. The van der Waals surface area contributed by atoms with Crippen LogP contribution in [0.1, 0.15) is 24.8 Å². The Morgan fingerprint density at radius 1 is 1.42 bits per heavy atom. The number of likely N-dealkylation sites (tertiary alicyclic amines) is 1. The summed E-state index contributed by atoms with van der Waals surface area (Å²) in [5.74, 6) is 0.662. The van der Waals surface area contributed by atoms with Crippen molar-refractivity contribution < 1.29 is 4.79 Å². The topological polar surface area (TPSA) is 32.3 Å². The number of benzene rings is 1. The van der Waals surface area contributed by atoms with Gasteiger partial charge in [-0.25, -0.2) is 0 Å². The molecule has 1 aliphatic heterocycles. The number of aryl methyl sites for hydroxylation is 1. The fraction of sp³-hybridized carbons (Fsp3) is 0.533. The zero-order valence-electron chi connectivity index (χ0n) is 11.6. The van der Waals surface area contributed by atoms with Gasteiger partial charge in [-0.15, -0.1) is 0 Å². The monoisotopic (exact) mass is 324 g/mol. The van der Waals surface area contributed by atoms with Crippen molar-refractivity contribution in [2.24, 2.45) is 5.92 Å². The van der Waals surface area contributed by atoms with E-state index < -0.39 is 0 Å². The lowest BCUT2D eigenvalue weighted by molar-refractivity contribution is -0.117. The summed E-state index contributed by atoms with van der Waals surface area (Å²) in [4.78, 5) is 14.3. The lowest BCUT2D eigenvalue weighted by Gasteiger charge is -2.28. The van der Waals surface area contributed by atoms with Gasteiger partial charge in [-0.1, -0.05) is 22.0 Å². The van der Waals surface area contributed by atoms with Gasteiger partial charge in [0.1, 0.15) is 0 Å². The molecular formula is C15H21BrN2O. The Bertz CT molecular complexity index is 453. The number of halogens is 1. The number of hydrogen-bond acceptors (Lipinski definition) is 2. The summed E-state index contributed by atoms with van der Waals surface area (Å²) >= 11 is 3.48. The van der Waals surface area contributed by atoms with Gasteiger partial charge < -0.3 is 10.2 Å². The van der Waals surface area contributed by atoms with Gasteiger partial charge in [-0.2, -0.15) is 0 Å². The van der Waals surface area contributed by atoms with E-state index >= 15 is 0 Å². The average molecular weight is 325 g/mol. The minimum atomic E-state index is 0.130. The third-order valence-electron chi connectivity index (χ3n) is 3.77. The number of hydrogen-bond donors (Lipinski definition) is 1. The molecular weight excluding hydrogens is 304 g/mol. The summed E-state index contributed by atoms with van der Waals surface area (Å²) in [5, 5.41) is 2.99. The summed E-state index contributed by atoms with van der Waals surface area (Å²) in [6, 6.07) is 5.92. The van der Waals surface area contributed by atoms with Gasteiger partial charge in [0.15, 0.2) is 0 Å². The Hall–Kier alpha value is -0.870. The molecule has 0 bridgehead atoms. The van der Waals surface area contributed by atoms with Crippen LogP contribution in [0.3, 0.4) is 0 Å². The molecule has 0 spiro atoms. The molecule has 19 heavy (non-hydrogen) atoms. The maximum absolute atomic E-state index is 12.0. The molecule has 1 saturated heterocycles. The summed E-state index contributed by atoms with van der Waals surface area (Å²) in [5.41, 5.74) is 2.05. The number of carbonyl (C=O) groups excluding carboxylic acids is 1. The van der Waals surface area contributed by atoms with E-state index in [2.05, 4.69) is 33.2 Å². The van der Waals surface area contributed by atoms with E-state index in [0.717, 1.165) is 36.1 Å². The van der Waals surface area contributed by atoms with E-state index in [9.17, 15) is 4.79 Å². The summed E-state index contributed by atoms with van der Waals surface area (Å²) in [6.07, 6.45) is 2.89. The molecule has 1 aromatic carbocycles. The van der Waals surface area contributed by atoms with Crippen molar-refractivity contribution in [3.63, 3.8) is 0 Å². The molecule has 0 radical (unpaired) electrons. The van der Waals surface area contributed by atoms with Crippen LogP contribution in [-0.4, -0.2) is 30.9 Å². The number of piperidine rings is 1. The Labute approximate surface area is 123 Å². The van der Waals surface area contributed by atoms with Crippen LogP contribution >= 0.6 is 15.9 Å². The van der Waals surface area contributed by atoms with Crippen molar-refractivity contribution in [1.29, 1.82) is 0 Å². The summed E-state index contributed by atoms with van der Waals surface area (Å²) in [7, 11) is 2.14. The van der Waals surface area contributed by atoms with E-state index in [0.29, 0.717) is 12.3 Å². The second-order valence-electron chi connectivity index (χ2n) is 5.46. The maximum atomic E-state index is 12.0. The van der Waals surface area contributed by atoms with Crippen molar-refractivity contribution in [2.75, 3.05) is 25.5 Å². The predicted molar refractivity (Wildman–Crippen MR) is 82.3 cm³/mol. The molecule has 4 heteroatoms. The van der Waals surface area contributed by atoms with E-state index in [1.807, 2.05) is 25.1 Å². The Morgan fingerprint density at radius 3 is 2.74 bits per heavy atom. The first-order chi connectivity index (χ1) is 9.04. The van der Waals surface area contributed by atoms with Crippen LogP contribution in [0, 0.1) is 12.8 Å². The fourth-order valence-electron chi connectivity index (χ4n) is 2.41. The van der Waals surface area contributed by atoms with Gasteiger partial charge in [0, 0.05) is 16.6 Å². The molecule has 3 nitrogen and oxygen atoms in total. The van der Waals surface area contributed by atoms with Crippen LogP contribution in [0.25, 0.3) is 0 Å². The first-order valence-electron chi connectivity index (χ1n) is 6.79. The molecule has 2 rings (SSSR count). The van der Waals surface area contributed by atoms with Gasteiger partial charge in [-0.3, -0.25) is 4.79 Å². The van der Waals surface area contributed by atoms with E-state index in [4.69, 9.17) is 0 Å². The van der Waals surface area contributed by atoms with Gasteiger partial charge in [-0.05, 0) is 63.5 Å². The normalized spacial score (nSPS) is 17.4. The average Bonchev–Trinajstić information content (AvgIpc) is 2.37. The Morgan fingerprint density at radius 2 is 2.11 bits per heavy atom. The quantitative estimate of drug-likeness (QED) is 0.923. The minimum Gasteiger partial charge on any atom is -0.326 e. The predicted octanol–water partition coefficient (Wildman–Crippen LogP) is 3.43. The summed E-state index contributed by atoms with van der Waals surface area (Å²) in [6.45, 7) is 4.25. The highest BCUT2D eigenvalue weighted by atomic mass is 79.9. The largest absolute Gasteiger partial charge is 0.326 e. The maximum Gasteiger partial charge on any atom is 0.224 e. The molecule has 104 valence electrons. The molecule has 0 unspecified atom stereocenters. The summed E-state index contributed by atoms with van der Waals surface area (Å²) < 4.78 is 1.03. The van der Waals surface area contributed by atoms with Crippen LogP contribution in [0.15, 0.2) is 22.7 Å². The molecule has 0 aliphatic carbocycles.